The van der Waals surface area contributed by atoms with E-state index in [4.69, 9.17) is 4.74 Å². The maximum atomic E-state index is 12.0. The van der Waals surface area contributed by atoms with E-state index >= 15 is 0 Å². The highest BCUT2D eigenvalue weighted by molar-refractivity contribution is 5.27. The molecule has 1 rings (SSSR count). The Balaban J connectivity index is 2.16. The minimum Gasteiger partial charge on any atom is -0.435 e. The van der Waals surface area contributed by atoms with Gasteiger partial charge in [-0.15, -0.1) is 0 Å². The first-order valence-corrected chi connectivity index (χ1v) is 6.40. The van der Waals surface area contributed by atoms with Crippen LogP contribution in [0, 0.1) is 5.92 Å². The Morgan fingerprint density at radius 2 is 1.84 bits per heavy atom. The van der Waals surface area contributed by atoms with E-state index in [9.17, 15) is 8.78 Å². The Morgan fingerprint density at radius 3 is 2.42 bits per heavy atom. The normalized spacial score (nSPS) is 11.3. The molecule has 0 aliphatic carbocycles. The summed E-state index contributed by atoms with van der Waals surface area (Å²) in [5, 5.41) is 3.22. The average molecular weight is 273 g/mol. The quantitative estimate of drug-likeness (QED) is 0.701. The van der Waals surface area contributed by atoms with Crippen molar-refractivity contribution in [2.75, 3.05) is 19.8 Å². The summed E-state index contributed by atoms with van der Waals surface area (Å²) in [6, 6.07) is 6.61. The largest absolute Gasteiger partial charge is 0.435 e. The molecule has 0 aromatic heterocycles. The number of halogens is 2. The molecule has 3 nitrogen and oxygen atoms in total. The maximum Gasteiger partial charge on any atom is 0.387 e. The van der Waals surface area contributed by atoms with Crippen LogP contribution in [0.1, 0.15) is 19.4 Å². The van der Waals surface area contributed by atoms with Crippen molar-refractivity contribution >= 4 is 0 Å². The maximum absolute atomic E-state index is 12.0. The Hall–Kier alpha value is -1.20. The summed E-state index contributed by atoms with van der Waals surface area (Å²) in [4.78, 5) is 0. The smallest absolute Gasteiger partial charge is 0.387 e. The monoisotopic (exact) mass is 273 g/mol. The summed E-state index contributed by atoms with van der Waals surface area (Å²) in [5.74, 6) is 0.724. The van der Waals surface area contributed by atoms with Gasteiger partial charge >= 0.3 is 6.61 Å². The lowest BCUT2D eigenvalue weighted by atomic mass is 10.2. The fraction of sp³-hybridized carbons (Fsp3) is 0.571. The molecule has 0 saturated carbocycles. The molecule has 1 N–H and O–H groups in total. The Kier molecular flexibility index (Phi) is 7.36. The van der Waals surface area contributed by atoms with Gasteiger partial charge < -0.3 is 14.8 Å². The van der Waals surface area contributed by atoms with Gasteiger partial charge in [0.2, 0.25) is 0 Å². The molecule has 0 radical (unpaired) electrons. The van der Waals surface area contributed by atoms with Gasteiger partial charge in [0, 0.05) is 19.7 Å². The van der Waals surface area contributed by atoms with Crippen LogP contribution in [0.15, 0.2) is 24.3 Å². The summed E-state index contributed by atoms with van der Waals surface area (Å²) < 4.78 is 33.6. The van der Waals surface area contributed by atoms with Crippen molar-refractivity contribution in [3.05, 3.63) is 29.8 Å². The van der Waals surface area contributed by atoms with Gasteiger partial charge in [0.15, 0.2) is 0 Å². The van der Waals surface area contributed by atoms with Crippen LogP contribution in [0.25, 0.3) is 0 Å². The second-order valence-corrected chi connectivity index (χ2v) is 4.67. The first-order valence-electron chi connectivity index (χ1n) is 6.40. The van der Waals surface area contributed by atoms with E-state index in [1.54, 1.807) is 24.3 Å². The molecule has 0 aliphatic heterocycles. The number of nitrogens with one attached hydrogen (secondary N) is 1. The predicted octanol–water partition coefficient (Wildman–Crippen LogP) is 3.05. The van der Waals surface area contributed by atoms with E-state index in [1.165, 1.54) is 0 Å². The third-order valence-electron chi connectivity index (χ3n) is 2.35. The number of ether oxygens (including phenoxy) is 2. The SMILES string of the molecule is CC(C)COCCNCc1ccc(OC(F)F)cc1. The average Bonchev–Trinajstić information content (AvgIpc) is 2.34. The molecule has 5 heteroatoms. The molecule has 0 bridgehead atoms. The second kappa shape index (κ2) is 8.82. The molecule has 0 fully saturated rings. The highest BCUT2D eigenvalue weighted by Gasteiger charge is 2.03. The molecule has 0 spiro atoms. The van der Waals surface area contributed by atoms with Crippen molar-refractivity contribution in [2.24, 2.45) is 5.92 Å². The predicted molar refractivity (Wildman–Crippen MR) is 70.4 cm³/mol. The Morgan fingerprint density at radius 1 is 1.16 bits per heavy atom. The van der Waals surface area contributed by atoms with Crippen molar-refractivity contribution in [1.29, 1.82) is 0 Å². The zero-order chi connectivity index (χ0) is 14.1. The Labute approximate surface area is 112 Å². The van der Waals surface area contributed by atoms with Gasteiger partial charge in [0.05, 0.1) is 6.61 Å². The van der Waals surface area contributed by atoms with Crippen molar-refractivity contribution in [3.63, 3.8) is 0 Å². The van der Waals surface area contributed by atoms with E-state index in [2.05, 4.69) is 23.9 Å². The molecule has 1 aromatic rings. The van der Waals surface area contributed by atoms with Crippen LogP contribution >= 0.6 is 0 Å². The lowest BCUT2D eigenvalue weighted by Crippen LogP contribution is -2.20. The van der Waals surface area contributed by atoms with Crippen LogP contribution in [-0.4, -0.2) is 26.4 Å². The number of alkyl halides is 2. The number of hydrogen-bond acceptors (Lipinski definition) is 3. The van der Waals surface area contributed by atoms with Crippen molar-refractivity contribution in [1.82, 2.24) is 5.32 Å². The summed E-state index contributed by atoms with van der Waals surface area (Å²) in [6.45, 7) is 4.32. The minimum atomic E-state index is -2.78. The molecule has 0 heterocycles. The summed E-state index contributed by atoms with van der Waals surface area (Å²) in [5.41, 5.74) is 1.02. The van der Waals surface area contributed by atoms with Crippen LogP contribution < -0.4 is 10.1 Å². The first kappa shape index (κ1) is 15.9. The molecular formula is C14H21F2NO2. The number of hydrogen-bond donors (Lipinski definition) is 1. The third kappa shape index (κ3) is 7.74. The molecule has 108 valence electrons. The topological polar surface area (TPSA) is 30.5 Å². The van der Waals surface area contributed by atoms with Gasteiger partial charge in [-0.1, -0.05) is 26.0 Å². The fourth-order valence-electron chi connectivity index (χ4n) is 1.48. The van der Waals surface area contributed by atoms with Crippen LogP contribution in [0.2, 0.25) is 0 Å². The van der Waals surface area contributed by atoms with Crippen LogP contribution in [0.3, 0.4) is 0 Å². The van der Waals surface area contributed by atoms with Gasteiger partial charge in [-0.05, 0) is 23.6 Å². The molecule has 0 unspecified atom stereocenters. The summed E-state index contributed by atoms with van der Waals surface area (Å²) in [6.07, 6.45) is 0. The summed E-state index contributed by atoms with van der Waals surface area (Å²) >= 11 is 0. The fourth-order valence-corrected chi connectivity index (χ4v) is 1.48. The van der Waals surface area contributed by atoms with Gasteiger partial charge in [-0.3, -0.25) is 0 Å². The highest BCUT2D eigenvalue weighted by Crippen LogP contribution is 2.14. The first-order chi connectivity index (χ1) is 9.08. The molecule has 0 saturated heterocycles. The van der Waals surface area contributed by atoms with E-state index < -0.39 is 6.61 Å². The standard InChI is InChI=1S/C14H21F2NO2/c1-11(2)10-18-8-7-17-9-12-3-5-13(6-4-12)19-14(15)16/h3-6,11,14,17H,7-10H2,1-2H3. The second-order valence-electron chi connectivity index (χ2n) is 4.67. The van der Waals surface area contributed by atoms with E-state index in [-0.39, 0.29) is 5.75 Å². The van der Waals surface area contributed by atoms with Gasteiger partial charge in [-0.25, -0.2) is 0 Å². The molecule has 0 amide bonds. The molecule has 0 atom stereocenters. The van der Waals surface area contributed by atoms with Crippen molar-refractivity contribution in [2.45, 2.75) is 27.0 Å². The Bertz CT molecular complexity index is 342. The van der Waals surface area contributed by atoms with Gasteiger partial charge in [-0.2, -0.15) is 8.78 Å². The lowest BCUT2D eigenvalue weighted by molar-refractivity contribution is -0.0498. The third-order valence-corrected chi connectivity index (χ3v) is 2.35. The minimum absolute atomic E-state index is 0.180. The van der Waals surface area contributed by atoms with E-state index in [1.807, 2.05) is 0 Å². The highest BCUT2D eigenvalue weighted by atomic mass is 19.3. The molecule has 0 aliphatic rings. The zero-order valence-electron chi connectivity index (χ0n) is 11.4. The van der Waals surface area contributed by atoms with Crippen molar-refractivity contribution < 1.29 is 18.3 Å². The van der Waals surface area contributed by atoms with Crippen LogP contribution in [0.5, 0.6) is 5.75 Å². The van der Waals surface area contributed by atoms with E-state index in [0.717, 1.165) is 18.7 Å². The zero-order valence-corrected chi connectivity index (χ0v) is 11.4. The molecular weight excluding hydrogens is 252 g/mol. The van der Waals surface area contributed by atoms with Gasteiger partial charge in [0.25, 0.3) is 0 Å². The molecule has 1 aromatic carbocycles. The van der Waals surface area contributed by atoms with Crippen LogP contribution in [-0.2, 0) is 11.3 Å². The number of benzene rings is 1. The molecule has 19 heavy (non-hydrogen) atoms. The van der Waals surface area contributed by atoms with Crippen LogP contribution in [0.4, 0.5) is 8.78 Å². The summed E-state index contributed by atoms with van der Waals surface area (Å²) in [7, 11) is 0. The lowest BCUT2D eigenvalue weighted by Gasteiger charge is -2.09. The van der Waals surface area contributed by atoms with Crippen molar-refractivity contribution in [3.8, 4) is 5.75 Å². The number of rotatable bonds is 9. The van der Waals surface area contributed by atoms with E-state index in [0.29, 0.717) is 19.1 Å². The van der Waals surface area contributed by atoms with Gasteiger partial charge in [0.1, 0.15) is 5.75 Å².